The van der Waals surface area contributed by atoms with E-state index < -0.39 is 11.4 Å². The Balaban J connectivity index is 1.11. The van der Waals surface area contributed by atoms with Crippen LogP contribution in [0.3, 0.4) is 0 Å². The van der Waals surface area contributed by atoms with E-state index in [-0.39, 0.29) is 34.4 Å². The number of amides is 1. The average molecular weight is 680 g/mol. The van der Waals surface area contributed by atoms with Crippen LogP contribution in [0.1, 0.15) is 39.7 Å². The summed E-state index contributed by atoms with van der Waals surface area (Å²) in [6, 6.07) is 15.7. The van der Waals surface area contributed by atoms with Crippen molar-refractivity contribution in [2.45, 2.75) is 50.7 Å². The van der Waals surface area contributed by atoms with E-state index in [0.717, 1.165) is 39.4 Å². The molecule has 7 rings (SSSR count). The molecule has 0 bridgehead atoms. The number of fused-ring (bicyclic) bond motifs is 1. The first-order valence-electron chi connectivity index (χ1n) is 17.1. The van der Waals surface area contributed by atoms with Gasteiger partial charge in [0.1, 0.15) is 46.8 Å². The lowest BCUT2D eigenvalue weighted by atomic mass is 9.94. The van der Waals surface area contributed by atoms with Crippen LogP contribution >= 0.6 is 0 Å². The van der Waals surface area contributed by atoms with Crippen molar-refractivity contribution in [3.05, 3.63) is 72.3 Å². The highest BCUT2D eigenvalue weighted by atomic mass is 19.1. The van der Waals surface area contributed by atoms with Crippen molar-refractivity contribution in [3.63, 3.8) is 0 Å². The number of benzene rings is 2. The first-order valence-corrected chi connectivity index (χ1v) is 17.1. The number of carbonyl (C=O) groups excluding carboxylic acids is 1. The molecule has 0 spiro atoms. The molecule has 3 saturated heterocycles. The van der Waals surface area contributed by atoms with E-state index >= 15 is 4.39 Å². The molecule has 3 aliphatic heterocycles. The fraction of sp³-hybridized carbons (Fsp3) is 0.432. The van der Waals surface area contributed by atoms with E-state index in [1.165, 1.54) is 12.4 Å². The first kappa shape index (κ1) is 33.6. The highest BCUT2D eigenvalue weighted by molar-refractivity contribution is 5.99. The summed E-state index contributed by atoms with van der Waals surface area (Å²) in [7, 11) is 0. The number of likely N-dealkylation sites (tertiary alicyclic amines) is 1. The van der Waals surface area contributed by atoms with E-state index in [2.05, 4.69) is 46.6 Å². The number of hydrogen-bond acceptors (Lipinski definition) is 10. The second-order valence-corrected chi connectivity index (χ2v) is 14.1. The predicted octanol–water partition coefficient (Wildman–Crippen LogP) is 4.81. The van der Waals surface area contributed by atoms with Crippen LogP contribution in [0, 0.1) is 17.1 Å². The summed E-state index contributed by atoms with van der Waals surface area (Å²) in [5.41, 5.74) is 7.05. The van der Waals surface area contributed by atoms with E-state index in [9.17, 15) is 10.1 Å². The molecule has 3 fully saturated rings. The topological polar surface area (TPSA) is 139 Å². The maximum Gasteiger partial charge on any atom is 0.264 e. The van der Waals surface area contributed by atoms with Gasteiger partial charge in [-0.15, -0.1) is 0 Å². The fourth-order valence-corrected chi connectivity index (χ4v) is 7.31. The monoisotopic (exact) mass is 679 g/mol. The molecule has 12 nitrogen and oxygen atoms in total. The maximum absolute atomic E-state index is 15.7. The molecule has 260 valence electrons. The number of anilines is 1. The molecule has 2 N–H and O–H groups in total. The van der Waals surface area contributed by atoms with Gasteiger partial charge in [-0.25, -0.2) is 19.0 Å². The van der Waals surface area contributed by atoms with Gasteiger partial charge in [0.05, 0.1) is 30.2 Å². The quantitative estimate of drug-likeness (QED) is 0.204. The molecule has 3 aliphatic rings. The van der Waals surface area contributed by atoms with Crippen molar-refractivity contribution in [1.29, 1.82) is 5.26 Å². The van der Waals surface area contributed by atoms with Crippen molar-refractivity contribution in [2.24, 2.45) is 0 Å². The molecule has 50 heavy (non-hydrogen) atoms. The third kappa shape index (κ3) is 6.42. The smallest absolute Gasteiger partial charge is 0.264 e. The molecule has 1 atom stereocenters. The highest BCUT2D eigenvalue weighted by Crippen LogP contribution is 2.37. The standard InChI is InChI=1S/C37H42FN9O3/c1-36(2,45-14-16-46(17-15-45)37(3)22-49-23-37)19-25(20-39)35(48)44-13-7-8-26(21-44)47-34-31(33(40)41-24-42-34)32(43-47)29-12-11-28(18-30(29)38)50-27-9-5-4-6-10-27/h4-6,9-12,18-19,24,26H,7-8,13-17,21-23H2,1-3H3,(H2,40,41,42)/t26-/m1/s1. The molecule has 4 aromatic rings. The number of rotatable bonds is 8. The Morgan fingerprint density at radius 2 is 1.86 bits per heavy atom. The minimum absolute atomic E-state index is 0.0966. The summed E-state index contributed by atoms with van der Waals surface area (Å²) in [6.07, 6.45) is 4.57. The van der Waals surface area contributed by atoms with Crippen LogP contribution in [0.5, 0.6) is 11.5 Å². The number of para-hydroxylation sites is 1. The molecule has 5 heterocycles. The van der Waals surface area contributed by atoms with Crippen LogP contribution in [0.4, 0.5) is 10.2 Å². The lowest BCUT2D eigenvalue weighted by molar-refractivity contribution is -0.142. The Bertz CT molecular complexity index is 1960. The summed E-state index contributed by atoms with van der Waals surface area (Å²) < 4.78 is 28.7. The molecule has 0 radical (unpaired) electrons. The zero-order valence-electron chi connectivity index (χ0n) is 28.7. The minimum Gasteiger partial charge on any atom is -0.457 e. The maximum atomic E-state index is 15.7. The Kier molecular flexibility index (Phi) is 9.02. The summed E-state index contributed by atoms with van der Waals surface area (Å²) >= 11 is 0. The summed E-state index contributed by atoms with van der Waals surface area (Å²) in [6.45, 7) is 12.2. The van der Waals surface area contributed by atoms with Crippen molar-refractivity contribution in [2.75, 3.05) is 58.2 Å². The van der Waals surface area contributed by atoms with Crippen LogP contribution in [0.15, 0.2) is 66.5 Å². The number of piperazine rings is 1. The van der Waals surface area contributed by atoms with Gasteiger partial charge in [-0.1, -0.05) is 18.2 Å². The number of nitrogen functional groups attached to an aromatic ring is 1. The Morgan fingerprint density at radius 3 is 2.54 bits per heavy atom. The Labute approximate surface area is 290 Å². The van der Waals surface area contributed by atoms with Crippen molar-refractivity contribution in [1.82, 2.24) is 34.4 Å². The Hall–Kier alpha value is -4.90. The van der Waals surface area contributed by atoms with Gasteiger partial charge in [0.25, 0.3) is 5.91 Å². The lowest BCUT2D eigenvalue weighted by Crippen LogP contribution is -2.66. The van der Waals surface area contributed by atoms with Gasteiger partial charge in [0.2, 0.25) is 0 Å². The normalized spacial score (nSPS) is 20.3. The number of nitrogens with two attached hydrogens (primary N) is 1. The van der Waals surface area contributed by atoms with E-state index in [1.807, 2.05) is 24.3 Å². The summed E-state index contributed by atoms with van der Waals surface area (Å²) in [5.74, 6) is 0.268. The predicted molar refractivity (Wildman–Crippen MR) is 187 cm³/mol. The number of carbonyl (C=O) groups is 1. The SMILES string of the molecule is CC(C)(C=C(C#N)C(=O)N1CCC[C@@H](n2nc(-c3ccc(Oc4ccccc4)cc3F)c3c(N)ncnc32)C1)N1CCN(C2(C)COC2)CC1. The number of aromatic nitrogens is 4. The fourth-order valence-electron chi connectivity index (χ4n) is 7.31. The summed E-state index contributed by atoms with van der Waals surface area (Å²) in [5, 5.41) is 15.5. The van der Waals surface area contributed by atoms with Gasteiger partial charge in [0, 0.05) is 56.4 Å². The highest BCUT2D eigenvalue weighted by Gasteiger charge is 2.42. The second-order valence-electron chi connectivity index (χ2n) is 14.1. The number of piperidine rings is 1. The van der Waals surface area contributed by atoms with Crippen LogP contribution in [0.2, 0.25) is 0 Å². The van der Waals surface area contributed by atoms with Crippen molar-refractivity contribution >= 4 is 22.8 Å². The molecule has 1 amide bonds. The number of hydrogen-bond donors (Lipinski definition) is 1. The lowest BCUT2D eigenvalue weighted by Gasteiger charge is -2.52. The van der Waals surface area contributed by atoms with Crippen LogP contribution in [-0.4, -0.2) is 104 Å². The molecular formula is C37H42FN9O3. The van der Waals surface area contributed by atoms with E-state index in [0.29, 0.717) is 54.2 Å². The van der Waals surface area contributed by atoms with Gasteiger partial charge < -0.3 is 20.1 Å². The van der Waals surface area contributed by atoms with Crippen LogP contribution in [-0.2, 0) is 9.53 Å². The molecule has 2 aromatic heterocycles. The molecular weight excluding hydrogens is 637 g/mol. The number of ether oxygens (including phenoxy) is 2. The van der Waals surface area contributed by atoms with E-state index in [4.69, 9.17) is 20.3 Å². The van der Waals surface area contributed by atoms with Crippen molar-refractivity contribution in [3.8, 4) is 28.8 Å². The van der Waals surface area contributed by atoms with Crippen LogP contribution in [0.25, 0.3) is 22.3 Å². The number of nitriles is 1. The first-order chi connectivity index (χ1) is 24.1. The van der Waals surface area contributed by atoms with E-state index in [1.54, 1.807) is 33.8 Å². The van der Waals surface area contributed by atoms with Gasteiger partial charge in [-0.05, 0) is 64.0 Å². The molecule has 0 saturated carbocycles. The number of halogens is 1. The van der Waals surface area contributed by atoms with Gasteiger partial charge in [-0.2, -0.15) is 10.4 Å². The second kappa shape index (κ2) is 13.4. The zero-order valence-corrected chi connectivity index (χ0v) is 28.7. The minimum atomic E-state index is -0.534. The third-order valence-corrected chi connectivity index (χ3v) is 10.3. The number of nitrogens with zero attached hydrogens (tertiary/aromatic N) is 8. The molecule has 0 aliphatic carbocycles. The average Bonchev–Trinajstić information content (AvgIpc) is 3.50. The molecule has 2 aromatic carbocycles. The van der Waals surface area contributed by atoms with Crippen LogP contribution < -0.4 is 10.5 Å². The zero-order chi connectivity index (χ0) is 35.0. The Morgan fingerprint density at radius 1 is 1.10 bits per heavy atom. The molecule has 13 heteroatoms. The van der Waals surface area contributed by atoms with Gasteiger partial charge >= 0.3 is 0 Å². The third-order valence-electron chi connectivity index (χ3n) is 10.3. The molecule has 0 unspecified atom stereocenters. The largest absolute Gasteiger partial charge is 0.457 e. The van der Waals surface area contributed by atoms with Crippen molar-refractivity contribution < 1.29 is 18.7 Å². The summed E-state index contributed by atoms with van der Waals surface area (Å²) in [4.78, 5) is 29.1. The van der Waals surface area contributed by atoms with Gasteiger partial charge in [0.15, 0.2) is 5.65 Å². The van der Waals surface area contributed by atoms with Gasteiger partial charge in [-0.3, -0.25) is 14.6 Å².